The number of benzene rings is 1. The Labute approximate surface area is 136 Å². The molecule has 0 fully saturated rings. The molecule has 2 rings (SSSR count). The van der Waals surface area contributed by atoms with Crippen molar-refractivity contribution >= 4 is 16.6 Å². The van der Waals surface area contributed by atoms with Crippen LogP contribution in [0.15, 0.2) is 36.4 Å². The van der Waals surface area contributed by atoms with Gasteiger partial charge in [-0.25, -0.2) is 0 Å². The zero-order valence-corrected chi connectivity index (χ0v) is 13.6. The van der Waals surface area contributed by atoms with E-state index in [1.165, 1.54) is 0 Å². The Kier molecular flexibility index (Phi) is 5.09. The van der Waals surface area contributed by atoms with Gasteiger partial charge in [0.1, 0.15) is 0 Å². The highest BCUT2D eigenvalue weighted by Gasteiger charge is 2.28. The molecule has 0 saturated carbocycles. The number of hydrogen-bond donors (Lipinski definition) is 0. The molecule has 6 radical (unpaired) electrons. The second-order valence-corrected chi connectivity index (χ2v) is 5.76. The molecule has 0 saturated heterocycles. The van der Waals surface area contributed by atoms with Crippen molar-refractivity contribution in [2.45, 2.75) is 32.1 Å². The minimum absolute atomic E-state index is 0.314. The van der Waals surface area contributed by atoms with Crippen molar-refractivity contribution in [3.63, 3.8) is 0 Å². The summed E-state index contributed by atoms with van der Waals surface area (Å²) in [5.41, 5.74) is 3.29. The second kappa shape index (κ2) is 6.64. The summed E-state index contributed by atoms with van der Waals surface area (Å²) in [7, 11) is 0. The van der Waals surface area contributed by atoms with E-state index < -0.39 is 0 Å². The SMILES string of the molecule is [CH]CCc1cccc(C(C)(C)c2cccc([CH])n2)c1[O][Al]. The van der Waals surface area contributed by atoms with Crippen molar-refractivity contribution < 1.29 is 3.79 Å². The van der Waals surface area contributed by atoms with Crippen LogP contribution in [0.4, 0.5) is 0 Å². The predicted molar refractivity (Wildman–Crippen MR) is 85.2 cm³/mol. The van der Waals surface area contributed by atoms with E-state index in [1.807, 2.05) is 24.3 Å². The summed E-state index contributed by atoms with van der Waals surface area (Å²) in [6, 6.07) is 11.8. The highest BCUT2D eigenvalue weighted by molar-refractivity contribution is 6.00. The molecule has 0 atom stereocenters. The van der Waals surface area contributed by atoms with Crippen LogP contribution in [0.1, 0.15) is 42.8 Å². The standard InChI is InChI=1S/C18H19NO.Al/c1-5-8-14-10-7-11-15(17(14)20)18(3,4)16-12-6-9-13(2)19-16;/h1-2,6-7,9-12,20H,5,8H2,3-4H3;/q;+1/p-1. The first-order valence-corrected chi connectivity index (χ1v) is 7.40. The number of aryl methyl sites for hydroxylation is 1. The largest absolute Gasteiger partial charge is 0.653 e. The molecule has 1 aromatic heterocycles. The second-order valence-electron chi connectivity index (χ2n) is 5.52. The first-order chi connectivity index (χ1) is 10.0. The van der Waals surface area contributed by atoms with Gasteiger partial charge < -0.3 is 3.79 Å². The van der Waals surface area contributed by atoms with Gasteiger partial charge in [-0.2, -0.15) is 0 Å². The third-order valence-corrected chi connectivity index (χ3v) is 3.95. The topological polar surface area (TPSA) is 22.1 Å². The Bertz CT molecular complexity index is 622. The maximum Gasteiger partial charge on any atom is 0.482 e. The number of pyridine rings is 1. The van der Waals surface area contributed by atoms with Crippen LogP contribution in [0, 0.1) is 13.8 Å². The highest BCUT2D eigenvalue weighted by atomic mass is 27.1. The molecule has 3 heteroatoms. The van der Waals surface area contributed by atoms with Gasteiger partial charge in [0, 0.05) is 23.6 Å². The van der Waals surface area contributed by atoms with Gasteiger partial charge in [0.25, 0.3) is 0 Å². The zero-order chi connectivity index (χ0) is 15.5. The van der Waals surface area contributed by atoms with Crippen molar-refractivity contribution in [1.82, 2.24) is 4.98 Å². The summed E-state index contributed by atoms with van der Waals surface area (Å²) >= 11 is 2.33. The fourth-order valence-corrected chi connectivity index (χ4v) is 2.78. The monoisotopic (exact) mass is 291 g/mol. The Morgan fingerprint density at radius 2 is 1.90 bits per heavy atom. The van der Waals surface area contributed by atoms with E-state index in [0.717, 1.165) is 29.0 Å². The number of aromatic nitrogens is 1. The van der Waals surface area contributed by atoms with E-state index >= 15 is 0 Å². The fraction of sp³-hybridized carbons (Fsp3) is 0.278. The van der Waals surface area contributed by atoms with E-state index in [0.29, 0.717) is 12.1 Å². The minimum Gasteiger partial charge on any atom is -0.653 e. The molecule has 0 spiro atoms. The summed E-state index contributed by atoms with van der Waals surface area (Å²) in [5, 5.41) is 0. The molecule has 2 aromatic rings. The summed E-state index contributed by atoms with van der Waals surface area (Å²) < 4.78 is 5.57. The number of hydrogen-bond acceptors (Lipinski definition) is 2. The van der Waals surface area contributed by atoms with E-state index in [1.54, 1.807) is 6.07 Å². The molecule has 0 aliphatic heterocycles. The summed E-state index contributed by atoms with van der Waals surface area (Å²) in [4.78, 5) is 4.46. The molecule has 0 aliphatic carbocycles. The molecule has 2 nitrogen and oxygen atoms in total. The third-order valence-electron chi connectivity index (χ3n) is 3.71. The molecule has 104 valence electrons. The predicted octanol–water partition coefficient (Wildman–Crippen LogP) is 3.57. The van der Waals surface area contributed by atoms with Crippen LogP contribution in [0.25, 0.3) is 0 Å². The van der Waals surface area contributed by atoms with Crippen LogP contribution in [-0.2, 0) is 11.8 Å². The minimum atomic E-state index is -0.314. The molecule has 1 heterocycles. The van der Waals surface area contributed by atoms with Crippen LogP contribution in [-0.4, -0.2) is 21.6 Å². The Morgan fingerprint density at radius 3 is 2.52 bits per heavy atom. The molecule has 1 aromatic carbocycles. The van der Waals surface area contributed by atoms with Gasteiger partial charge in [-0.3, -0.25) is 4.98 Å². The third kappa shape index (κ3) is 3.31. The Hall–Kier alpha value is -1.30. The van der Waals surface area contributed by atoms with Gasteiger partial charge in [0.2, 0.25) is 0 Å². The van der Waals surface area contributed by atoms with Crippen LogP contribution >= 0.6 is 0 Å². The lowest BCUT2D eigenvalue weighted by Gasteiger charge is -2.29. The molecule has 0 amide bonds. The molecule has 0 unspecified atom stereocenters. The molecule has 0 N–H and O–H groups in total. The van der Waals surface area contributed by atoms with Gasteiger partial charge in [0.05, 0.1) is 11.4 Å². The van der Waals surface area contributed by atoms with E-state index in [4.69, 9.17) is 17.6 Å². The van der Waals surface area contributed by atoms with Gasteiger partial charge in [-0.15, -0.1) is 0 Å². The van der Waals surface area contributed by atoms with Crippen LogP contribution < -0.4 is 3.79 Å². The molecule has 21 heavy (non-hydrogen) atoms. The van der Waals surface area contributed by atoms with E-state index in [2.05, 4.69) is 41.5 Å². The Morgan fingerprint density at radius 1 is 1.19 bits per heavy atom. The normalized spacial score (nSPS) is 11.4. The van der Waals surface area contributed by atoms with Crippen molar-refractivity contribution in [2.75, 3.05) is 0 Å². The average molecular weight is 291 g/mol. The summed E-state index contributed by atoms with van der Waals surface area (Å²) in [5.74, 6) is 0.849. The van der Waals surface area contributed by atoms with Gasteiger partial charge in [0.15, 0.2) is 0 Å². The Balaban J connectivity index is 2.56. The molecular formula is C18H18AlNO. The lowest BCUT2D eigenvalue weighted by Crippen LogP contribution is -2.22. The van der Waals surface area contributed by atoms with Crippen molar-refractivity contribution in [3.8, 4) is 5.75 Å². The first-order valence-electron chi connectivity index (χ1n) is 6.93. The van der Waals surface area contributed by atoms with Crippen molar-refractivity contribution in [1.29, 1.82) is 0 Å². The number of rotatable bonds is 5. The lowest BCUT2D eigenvalue weighted by atomic mass is 9.79. The van der Waals surface area contributed by atoms with Crippen LogP contribution in [0.2, 0.25) is 0 Å². The lowest BCUT2D eigenvalue weighted by molar-refractivity contribution is 0.543. The maximum absolute atomic E-state index is 5.82. The maximum atomic E-state index is 5.82. The molecule has 0 bridgehead atoms. The van der Waals surface area contributed by atoms with Gasteiger partial charge in [-0.1, -0.05) is 38.1 Å². The molecular weight excluding hydrogens is 273 g/mol. The summed E-state index contributed by atoms with van der Waals surface area (Å²) in [6.45, 7) is 15.7. The number of nitrogens with zero attached hydrogens (tertiary/aromatic N) is 1. The van der Waals surface area contributed by atoms with Crippen LogP contribution in [0.5, 0.6) is 5.75 Å². The fourth-order valence-electron chi connectivity index (χ4n) is 2.51. The van der Waals surface area contributed by atoms with Crippen molar-refractivity contribution in [3.05, 3.63) is 72.8 Å². The summed E-state index contributed by atoms with van der Waals surface area (Å²) in [6.07, 6.45) is 1.36. The van der Waals surface area contributed by atoms with Gasteiger partial charge >= 0.3 is 16.6 Å². The van der Waals surface area contributed by atoms with Crippen LogP contribution in [0.3, 0.4) is 0 Å². The zero-order valence-electron chi connectivity index (χ0n) is 12.5. The number of para-hydroxylation sites is 1. The smallest absolute Gasteiger partial charge is 0.482 e. The quantitative estimate of drug-likeness (QED) is 0.786. The van der Waals surface area contributed by atoms with E-state index in [-0.39, 0.29) is 5.41 Å². The first kappa shape index (κ1) is 16.1. The molecule has 0 aliphatic rings. The van der Waals surface area contributed by atoms with Crippen molar-refractivity contribution in [2.24, 2.45) is 0 Å². The highest BCUT2D eigenvalue weighted by Crippen LogP contribution is 2.38. The van der Waals surface area contributed by atoms with Gasteiger partial charge in [-0.05, 0) is 37.5 Å². The van der Waals surface area contributed by atoms with E-state index in [9.17, 15) is 0 Å². The average Bonchev–Trinajstić information content (AvgIpc) is 2.47.